The Balaban J connectivity index is 3.60. The lowest BCUT2D eigenvalue weighted by Crippen LogP contribution is -2.39. The van der Waals surface area contributed by atoms with Crippen LogP contribution < -0.4 is 16.0 Å². The van der Waals surface area contributed by atoms with Gasteiger partial charge in [0.05, 0.1) is 0 Å². The van der Waals surface area contributed by atoms with Crippen molar-refractivity contribution < 1.29 is 27.6 Å². The van der Waals surface area contributed by atoms with Crippen molar-refractivity contribution in [2.24, 2.45) is 0 Å². The number of carbonyl (C=O) groups is 3. The number of carbonyl (C=O) groups excluding carboxylic acids is 3. The third-order valence-corrected chi connectivity index (χ3v) is 1.72. The van der Waals surface area contributed by atoms with Crippen molar-refractivity contribution in [3.05, 3.63) is 0 Å². The Morgan fingerprint density at radius 3 is 2.00 bits per heavy atom. The second-order valence-electron chi connectivity index (χ2n) is 3.34. The zero-order valence-corrected chi connectivity index (χ0v) is 9.69. The van der Waals surface area contributed by atoms with E-state index >= 15 is 0 Å². The molecule has 0 aromatic heterocycles. The van der Waals surface area contributed by atoms with Gasteiger partial charge in [-0.25, -0.2) is 0 Å². The molecule has 0 spiro atoms. The smallest absolute Gasteiger partial charge is 0.355 e. The molecule has 0 heterocycles. The van der Waals surface area contributed by atoms with Crippen molar-refractivity contribution in [3.63, 3.8) is 0 Å². The molecule has 0 saturated heterocycles. The summed E-state index contributed by atoms with van der Waals surface area (Å²) in [4.78, 5) is 31.9. The first-order valence-electron chi connectivity index (χ1n) is 5.09. The number of amides is 3. The van der Waals surface area contributed by atoms with Crippen LogP contribution in [0.3, 0.4) is 0 Å². The lowest BCUT2D eigenvalue weighted by molar-refractivity contribution is -0.173. The van der Waals surface area contributed by atoms with E-state index in [1.54, 1.807) is 5.32 Å². The van der Waals surface area contributed by atoms with Gasteiger partial charge in [-0.3, -0.25) is 14.4 Å². The van der Waals surface area contributed by atoms with E-state index in [-0.39, 0.29) is 25.4 Å². The molecule has 0 aromatic carbocycles. The molecule has 9 heteroatoms. The molecular weight excluding hydrogens is 255 g/mol. The van der Waals surface area contributed by atoms with Crippen molar-refractivity contribution in [3.8, 4) is 0 Å². The summed E-state index contributed by atoms with van der Waals surface area (Å²) in [6, 6.07) is 0. The van der Waals surface area contributed by atoms with E-state index < -0.39 is 24.5 Å². The van der Waals surface area contributed by atoms with Gasteiger partial charge in [-0.15, -0.1) is 0 Å². The Morgan fingerprint density at radius 2 is 1.50 bits per heavy atom. The van der Waals surface area contributed by atoms with Gasteiger partial charge in [-0.1, -0.05) is 0 Å². The molecule has 0 fully saturated rings. The largest absolute Gasteiger partial charge is 0.471 e. The van der Waals surface area contributed by atoms with E-state index in [0.29, 0.717) is 0 Å². The first kappa shape index (κ1) is 16.2. The molecule has 0 unspecified atom stereocenters. The molecule has 0 saturated carbocycles. The van der Waals surface area contributed by atoms with E-state index in [1.165, 1.54) is 6.92 Å². The van der Waals surface area contributed by atoms with Gasteiger partial charge in [0.15, 0.2) is 0 Å². The minimum Gasteiger partial charge on any atom is -0.355 e. The van der Waals surface area contributed by atoms with Gasteiger partial charge in [0, 0.05) is 33.0 Å². The van der Waals surface area contributed by atoms with Gasteiger partial charge in [-0.2, -0.15) is 13.2 Å². The maximum absolute atomic E-state index is 11.7. The number of alkyl halides is 3. The van der Waals surface area contributed by atoms with Crippen LogP contribution in [0.15, 0.2) is 0 Å². The maximum Gasteiger partial charge on any atom is 0.471 e. The lowest BCUT2D eigenvalue weighted by atomic mass is 10.4. The SMILES string of the molecule is CC(=O)NCCNC(=O)CCNC(=O)C(F)(F)F. The van der Waals surface area contributed by atoms with Crippen LogP contribution in [0, 0.1) is 0 Å². The Kier molecular flexibility index (Phi) is 6.76. The highest BCUT2D eigenvalue weighted by Crippen LogP contribution is 2.13. The molecule has 104 valence electrons. The van der Waals surface area contributed by atoms with E-state index in [2.05, 4.69) is 10.6 Å². The molecule has 0 aliphatic carbocycles. The summed E-state index contributed by atoms with van der Waals surface area (Å²) in [5.41, 5.74) is 0. The minimum absolute atomic E-state index is 0.172. The van der Waals surface area contributed by atoms with Crippen molar-refractivity contribution >= 4 is 17.7 Å². The fourth-order valence-corrected chi connectivity index (χ4v) is 0.919. The fraction of sp³-hybridized carbons (Fsp3) is 0.667. The number of halogens is 3. The summed E-state index contributed by atoms with van der Waals surface area (Å²) in [7, 11) is 0. The van der Waals surface area contributed by atoms with Crippen molar-refractivity contribution in [1.29, 1.82) is 0 Å². The highest BCUT2D eigenvalue weighted by molar-refractivity contribution is 5.82. The summed E-state index contributed by atoms with van der Waals surface area (Å²) < 4.78 is 35.2. The third kappa shape index (κ3) is 8.36. The second kappa shape index (κ2) is 7.51. The van der Waals surface area contributed by atoms with Crippen LogP contribution in [-0.4, -0.2) is 43.5 Å². The van der Waals surface area contributed by atoms with Crippen LogP contribution in [0.5, 0.6) is 0 Å². The molecule has 3 amide bonds. The number of hydrogen-bond donors (Lipinski definition) is 3. The molecule has 0 aromatic rings. The average Bonchev–Trinajstić information content (AvgIpc) is 2.22. The second-order valence-corrected chi connectivity index (χ2v) is 3.34. The zero-order valence-electron chi connectivity index (χ0n) is 9.69. The maximum atomic E-state index is 11.7. The topological polar surface area (TPSA) is 87.3 Å². The fourth-order valence-electron chi connectivity index (χ4n) is 0.919. The molecule has 0 radical (unpaired) electrons. The quantitative estimate of drug-likeness (QED) is 0.558. The highest BCUT2D eigenvalue weighted by Gasteiger charge is 2.38. The summed E-state index contributed by atoms with van der Waals surface area (Å²) in [6.07, 6.45) is -5.20. The van der Waals surface area contributed by atoms with Crippen LogP contribution in [0.2, 0.25) is 0 Å². The standard InChI is InChI=1S/C9H14F3N3O3/c1-6(16)13-4-5-14-7(17)2-3-15-8(18)9(10,11)12/h2-5H2,1H3,(H,13,16)(H,14,17)(H,15,18). The lowest BCUT2D eigenvalue weighted by Gasteiger charge is -2.08. The van der Waals surface area contributed by atoms with Gasteiger partial charge < -0.3 is 16.0 Å². The van der Waals surface area contributed by atoms with Gasteiger partial charge >= 0.3 is 12.1 Å². The number of rotatable bonds is 6. The van der Waals surface area contributed by atoms with E-state index in [9.17, 15) is 27.6 Å². The first-order valence-corrected chi connectivity index (χ1v) is 5.09. The van der Waals surface area contributed by atoms with Crippen LogP contribution in [0.25, 0.3) is 0 Å². The van der Waals surface area contributed by atoms with Crippen LogP contribution in [0.1, 0.15) is 13.3 Å². The van der Waals surface area contributed by atoms with Crippen molar-refractivity contribution in [2.75, 3.05) is 19.6 Å². The van der Waals surface area contributed by atoms with E-state index in [0.717, 1.165) is 0 Å². The molecule has 0 aliphatic heterocycles. The molecule has 6 nitrogen and oxygen atoms in total. The predicted molar refractivity (Wildman–Crippen MR) is 55.4 cm³/mol. The first-order chi connectivity index (χ1) is 8.23. The average molecular weight is 269 g/mol. The summed E-state index contributed by atoms with van der Waals surface area (Å²) in [5.74, 6) is -2.84. The molecule has 0 bridgehead atoms. The van der Waals surface area contributed by atoms with E-state index in [4.69, 9.17) is 0 Å². The normalized spacial score (nSPS) is 10.7. The van der Waals surface area contributed by atoms with Gasteiger partial charge in [-0.05, 0) is 0 Å². The van der Waals surface area contributed by atoms with Gasteiger partial charge in [0.1, 0.15) is 0 Å². The van der Waals surface area contributed by atoms with Crippen LogP contribution >= 0.6 is 0 Å². The summed E-state index contributed by atoms with van der Waals surface area (Å²) >= 11 is 0. The molecule has 0 rings (SSSR count). The van der Waals surface area contributed by atoms with Gasteiger partial charge in [0.25, 0.3) is 0 Å². The van der Waals surface area contributed by atoms with Crippen molar-refractivity contribution in [2.45, 2.75) is 19.5 Å². The monoisotopic (exact) mass is 269 g/mol. The Labute approximate surface area is 101 Å². The van der Waals surface area contributed by atoms with Crippen LogP contribution in [-0.2, 0) is 14.4 Å². The molecule has 0 aliphatic rings. The Hall–Kier alpha value is -1.80. The van der Waals surface area contributed by atoms with E-state index in [1.807, 2.05) is 0 Å². The highest BCUT2D eigenvalue weighted by atomic mass is 19.4. The molecule has 0 atom stereocenters. The predicted octanol–water partition coefficient (Wildman–Crippen LogP) is -0.693. The number of nitrogens with one attached hydrogen (secondary N) is 3. The summed E-state index contributed by atoms with van der Waals surface area (Å²) in [6.45, 7) is 1.32. The zero-order chi connectivity index (χ0) is 14.2. The summed E-state index contributed by atoms with van der Waals surface area (Å²) in [5, 5.41) is 6.35. The van der Waals surface area contributed by atoms with Crippen LogP contribution in [0.4, 0.5) is 13.2 Å². The molecule has 18 heavy (non-hydrogen) atoms. The number of hydrogen-bond acceptors (Lipinski definition) is 3. The molecule has 3 N–H and O–H groups in total. The Morgan fingerprint density at radius 1 is 0.944 bits per heavy atom. The van der Waals surface area contributed by atoms with Crippen molar-refractivity contribution in [1.82, 2.24) is 16.0 Å². The van der Waals surface area contributed by atoms with Gasteiger partial charge in [0.2, 0.25) is 11.8 Å². The Bertz CT molecular complexity index is 318. The molecular formula is C9H14F3N3O3. The third-order valence-electron chi connectivity index (χ3n) is 1.72. The minimum atomic E-state index is -4.94.